The smallest absolute Gasteiger partial charge is 0.149 e. The summed E-state index contributed by atoms with van der Waals surface area (Å²) in [6.45, 7) is 6.89. The maximum Gasteiger partial charge on any atom is 0.149 e. The van der Waals surface area contributed by atoms with Crippen molar-refractivity contribution in [1.82, 2.24) is 19.1 Å². The van der Waals surface area contributed by atoms with Crippen molar-refractivity contribution in [3.05, 3.63) is 28.8 Å². The van der Waals surface area contributed by atoms with Crippen LogP contribution in [0.25, 0.3) is 0 Å². The molecule has 17 heavy (non-hydrogen) atoms. The van der Waals surface area contributed by atoms with Gasteiger partial charge in [0.25, 0.3) is 0 Å². The fourth-order valence-corrected chi connectivity index (χ4v) is 2.54. The van der Waals surface area contributed by atoms with E-state index in [1.807, 2.05) is 31.5 Å². The summed E-state index contributed by atoms with van der Waals surface area (Å²) in [6, 6.07) is 0. The first-order chi connectivity index (χ1) is 8.15. The molecule has 0 spiro atoms. The predicted molar refractivity (Wildman–Crippen MR) is 66.0 cm³/mol. The first kappa shape index (κ1) is 12.2. The topological polar surface area (TPSA) is 63.8 Å². The van der Waals surface area contributed by atoms with Crippen LogP contribution in [0.5, 0.6) is 0 Å². The quantitative estimate of drug-likeness (QED) is 0.903. The molecular formula is C11H16N4OS. The van der Waals surface area contributed by atoms with Crippen LogP contribution in [0.4, 0.5) is 0 Å². The molecule has 0 amide bonds. The van der Waals surface area contributed by atoms with Gasteiger partial charge in [-0.25, -0.2) is 4.98 Å². The van der Waals surface area contributed by atoms with E-state index >= 15 is 0 Å². The van der Waals surface area contributed by atoms with E-state index in [1.165, 1.54) is 11.5 Å². The molecule has 0 aliphatic heterocycles. The summed E-state index contributed by atoms with van der Waals surface area (Å²) in [6.07, 6.45) is 2.83. The summed E-state index contributed by atoms with van der Waals surface area (Å²) in [4.78, 5) is 5.00. The van der Waals surface area contributed by atoms with E-state index < -0.39 is 6.10 Å². The van der Waals surface area contributed by atoms with Crippen LogP contribution in [0.2, 0.25) is 0 Å². The molecule has 0 aliphatic carbocycles. The van der Waals surface area contributed by atoms with Gasteiger partial charge < -0.3 is 9.67 Å². The summed E-state index contributed by atoms with van der Waals surface area (Å²) < 4.78 is 5.85. The highest BCUT2D eigenvalue weighted by atomic mass is 32.1. The van der Waals surface area contributed by atoms with Gasteiger partial charge >= 0.3 is 0 Å². The summed E-state index contributed by atoms with van der Waals surface area (Å²) in [5.41, 5.74) is 0.855. The van der Waals surface area contributed by atoms with Crippen molar-refractivity contribution < 1.29 is 5.11 Å². The molecule has 1 N–H and O–H groups in total. The van der Waals surface area contributed by atoms with Gasteiger partial charge in [0.15, 0.2) is 0 Å². The maximum absolute atomic E-state index is 10.4. The molecule has 2 aromatic heterocycles. The zero-order chi connectivity index (χ0) is 12.4. The molecule has 2 aromatic rings. The van der Waals surface area contributed by atoms with Crippen LogP contribution in [0, 0.1) is 0 Å². The highest BCUT2D eigenvalue weighted by Crippen LogP contribution is 2.29. The zero-order valence-electron chi connectivity index (χ0n) is 10.2. The highest BCUT2D eigenvalue weighted by Gasteiger charge is 2.23. The lowest BCUT2D eigenvalue weighted by molar-refractivity contribution is 0.207. The first-order valence-electron chi connectivity index (χ1n) is 5.66. The zero-order valence-corrected chi connectivity index (χ0v) is 11.0. The van der Waals surface area contributed by atoms with Gasteiger partial charge in [-0.2, -0.15) is 0 Å². The van der Waals surface area contributed by atoms with Crippen LogP contribution in [-0.4, -0.2) is 24.2 Å². The number of hydrogen-bond donors (Lipinski definition) is 1. The Morgan fingerprint density at radius 2 is 2.24 bits per heavy atom. The van der Waals surface area contributed by atoms with E-state index in [1.54, 1.807) is 6.20 Å². The molecule has 2 rings (SSSR count). The number of imidazole rings is 1. The van der Waals surface area contributed by atoms with Gasteiger partial charge in [-0.05, 0) is 24.4 Å². The average molecular weight is 252 g/mol. The van der Waals surface area contributed by atoms with E-state index in [9.17, 15) is 5.11 Å². The normalized spacial score (nSPS) is 13.2. The Bertz CT molecular complexity index is 491. The predicted octanol–water partition coefficient (Wildman–Crippen LogP) is 1.96. The monoisotopic (exact) mass is 252 g/mol. The Hall–Kier alpha value is -1.27. The van der Waals surface area contributed by atoms with Crippen LogP contribution in [0.3, 0.4) is 0 Å². The highest BCUT2D eigenvalue weighted by molar-refractivity contribution is 7.05. The summed E-state index contributed by atoms with van der Waals surface area (Å²) >= 11 is 1.24. The third kappa shape index (κ3) is 2.23. The second-order valence-corrected chi connectivity index (χ2v) is 4.94. The maximum atomic E-state index is 10.4. The summed E-state index contributed by atoms with van der Waals surface area (Å²) in [5, 5.41) is 14.4. The minimum absolute atomic E-state index is 0.253. The average Bonchev–Trinajstić information content (AvgIpc) is 2.96. The second kappa shape index (κ2) is 4.93. The van der Waals surface area contributed by atoms with E-state index in [2.05, 4.69) is 14.6 Å². The number of aliphatic hydroxyl groups excluding tert-OH is 1. The van der Waals surface area contributed by atoms with Gasteiger partial charge in [-0.1, -0.05) is 18.3 Å². The van der Waals surface area contributed by atoms with Gasteiger partial charge in [0.05, 0.1) is 10.6 Å². The molecule has 0 fully saturated rings. The number of aromatic nitrogens is 4. The molecule has 0 saturated heterocycles. The van der Waals surface area contributed by atoms with Crippen molar-refractivity contribution in [3.8, 4) is 0 Å². The lowest BCUT2D eigenvalue weighted by atomic mass is 10.1. The number of aryl methyl sites for hydroxylation is 1. The number of nitrogens with zero attached hydrogens (tertiary/aromatic N) is 4. The second-order valence-electron chi connectivity index (χ2n) is 4.15. The number of rotatable bonds is 4. The minimum Gasteiger partial charge on any atom is -0.379 e. The molecule has 6 heteroatoms. The van der Waals surface area contributed by atoms with E-state index in [4.69, 9.17) is 0 Å². The van der Waals surface area contributed by atoms with Gasteiger partial charge in [0.2, 0.25) is 0 Å². The van der Waals surface area contributed by atoms with E-state index in [-0.39, 0.29) is 5.92 Å². The minimum atomic E-state index is -0.734. The molecular weight excluding hydrogens is 236 g/mol. The van der Waals surface area contributed by atoms with E-state index in [0.717, 1.165) is 17.1 Å². The Kier molecular flexibility index (Phi) is 3.54. The molecule has 1 unspecified atom stereocenters. The van der Waals surface area contributed by atoms with E-state index in [0.29, 0.717) is 5.82 Å². The molecule has 1 atom stereocenters. The van der Waals surface area contributed by atoms with Crippen molar-refractivity contribution in [1.29, 1.82) is 0 Å². The van der Waals surface area contributed by atoms with Crippen LogP contribution >= 0.6 is 11.5 Å². The Labute approximate surface area is 104 Å². The van der Waals surface area contributed by atoms with Gasteiger partial charge in [-0.3, -0.25) is 0 Å². The fourth-order valence-electron chi connectivity index (χ4n) is 1.75. The van der Waals surface area contributed by atoms with Gasteiger partial charge in [0.1, 0.15) is 11.9 Å². The van der Waals surface area contributed by atoms with Crippen LogP contribution in [-0.2, 0) is 6.54 Å². The lowest BCUT2D eigenvalue weighted by Crippen LogP contribution is -2.09. The largest absolute Gasteiger partial charge is 0.379 e. The molecule has 0 aromatic carbocycles. The van der Waals surface area contributed by atoms with Crippen molar-refractivity contribution in [2.75, 3.05) is 0 Å². The molecule has 5 nitrogen and oxygen atoms in total. The Morgan fingerprint density at radius 3 is 2.88 bits per heavy atom. The van der Waals surface area contributed by atoms with Gasteiger partial charge in [-0.15, -0.1) is 5.10 Å². The lowest BCUT2D eigenvalue weighted by Gasteiger charge is -2.12. The van der Waals surface area contributed by atoms with Crippen molar-refractivity contribution in [2.24, 2.45) is 0 Å². The number of hydrogen-bond acceptors (Lipinski definition) is 5. The molecule has 0 radical (unpaired) electrons. The Balaban J connectivity index is 2.37. The molecule has 0 bridgehead atoms. The van der Waals surface area contributed by atoms with Crippen LogP contribution < -0.4 is 0 Å². The SMILES string of the molecule is CCn1ccnc1C(O)c1snnc1C(C)C. The third-order valence-electron chi connectivity index (χ3n) is 2.67. The fraction of sp³-hybridized carbons (Fsp3) is 0.545. The molecule has 92 valence electrons. The molecule has 0 aliphatic rings. The van der Waals surface area contributed by atoms with Crippen LogP contribution in [0.1, 0.15) is 49.2 Å². The summed E-state index contributed by atoms with van der Waals surface area (Å²) in [5.74, 6) is 0.906. The van der Waals surface area contributed by atoms with Crippen molar-refractivity contribution >= 4 is 11.5 Å². The standard InChI is InChI=1S/C11H16N4OS/c1-4-15-6-5-12-11(15)9(16)10-8(7(2)3)13-14-17-10/h5-7,9,16H,4H2,1-3H3. The van der Waals surface area contributed by atoms with Crippen molar-refractivity contribution in [2.45, 2.75) is 39.3 Å². The van der Waals surface area contributed by atoms with Crippen molar-refractivity contribution in [3.63, 3.8) is 0 Å². The third-order valence-corrected chi connectivity index (χ3v) is 3.46. The molecule has 2 heterocycles. The summed E-state index contributed by atoms with van der Waals surface area (Å²) in [7, 11) is 0. The van der Waals surface area contributed by atoms with Gasteiger partial charge in [0, 0.05) is 18.9 Å². The molecule has 0 saturated carbocycles. The van der Waals surface area contributed by atoms with Crippen LogP contribution in [0.15, 0.2) is 12.4 Å². The Morgan fingerprint density at radius 1 is 1.47 bits per heavy atom. The number of aliphatic hydroxyl groups is 1. The first-order valence-corrected chi connectivity index (χ1v) is 6.43.